The van der Waals surface area contributed by atoms with Gasteiger partial charge in [0, 0.05) is 20.1 Å². The van der Waals surface area contributed by atoms with Crippen LogP contribution in [0.15, 0.2) is 29.2 Å². The van der Waals surface area contributed by atoms with E-state index in [9.17, 15) is 8.42 Å². The average Bonchev–Trinajstić information content (AvgIpc) is 2.75. The Morgan fingerprint density at radius 1 is 1.21 bits per heavy atom. The number of rotatable bonds is 4. The van der Waals surface area contributed by atoms with Gasteiger partial charge < -0.3 is 10.5 Å². The van der Waals surface area contributed by atoms with Crippen LogP contribution < -0.4 is 10.5 Å². The number of hydrogen-bond acceptors (Lipinski definition) is 4. The first-order valence-corrected chi connectivity index (χ1v) is 7.80. The Morgan fingerprint density at radius 3 is 2.32 bits per heavy atom. The van der Waals surface area contributed by atoms with E-state index in [1.165, 1.54) is 18.4 Å². The Hall–Kier alpha value is -1.11. The van der Waals surface area contributed by atoms with Gasteiger partial charge in [0.2, 0.25) is 10.0 Å². The van der Waals surface area contributed by atoms with Crippen molar-refractivity contribution in [1.29, 1.82) is 0 Å². The van der Waals surface area contributed by atoms with Crippen molar-refractivity contribution in [3.63, 3.8) is 0 Å². The van der Waals surface area contributed by atoms with Gasteiger partial charge in [0.15, 0.2) is 0 Å². The Labute approximate surface area is 114 Å². The molecule has 0 radical (unpaired) electrons. The lowest BCUT2D eigenvalue weighted by Gasteiger charge is -2.18. The first-order chi connectivity index (χ1) is 8.91. The third kappa shape index (κ3) is 3.08. The molecule has 1 aliphatic rings. The Balaban J connectivity index is 2.11. The van der Waals surface area contributed by atoms with Crippen molar-refractivity contribution in [1.82, 2.24) is 4.31 Å². The highest BCUT2D eigenvalue weighted by Gasteiger charge is 2.25. The SMILES string of the molecule is CN(C)S(=O)(=O)c1ccc(OC2CCCC2N)cc1. The largest absolute Gasteiger partial charge is 0.489 e. The molecule has 1 aromatic carbocycles. The fourth-order valence-electron chi connectivity index (χ4n) is 2.18. The zero-order valence-electron chi connectivity index (χ0n) is 11.2. The zero-order chi connectivity index (χ0) is 14.0. The summed E-state index contributed by atoms with van der Waals surface area (Å²) in [7, 11) is -0.356. The summed E-state index contributed by atoms with van der Waals surface area (Å²) in [6.07, 6.45) is 3.06. The number of nitrogens with zero attached hydrogens (tertiary/aromatic N) is 1. The van der Waals surface area contributed by atoms with Gasteiger partial charge in [0.1, 0.15) is 11.9 Å². The lowest BCUT2D eigenvalue weighted by atomic mass is 10.2. The lowest BCUT2D eigenvalue weighted by Crippen LogP contribution is -2.33. The van der Waals surface area contributed by atoms with Gasteiger partial charge in [-0.15, -0.1) is 0 Å². The predicted molar refractivity (Wildman–Crippen MR) is 73.6 cm³/mol. The second-order valence-corrected chi connectivity index (χ2v) is 7.16. The summed E-state index contributed by atoms with van der Waals surface area (Å²) < 4.78 is 30.8. The molecule has 1 aliphatic carbocycles. The molecule has 2 rings (SSSR count). The van der Waals surface area contributed by atoms with Gasteiger partial charge in [-0.25, -0.2) is 12.7 Å². The summed E-state index contributed by atoms with van der Waals surface area (Å²) in [5, 5.41) is 0. The van der Waals surface area contributed by atoms with Crippen molar-refractivity contribution >= 4 is 10.0 Å². The highest BCUT2D eigenvalue weighted by molar-refractivity contribution is 7.89. The maximum absolute atomic E-state index is 11.9. The topological polar surface area (TPSA) is 72.6 Å². The molecule has 0 saturated heterocycles. The Kier molecular flexibility index (Phi) is 4.13. The monoisotopic (exact) mass is 284 g/mol. The highest BCUT2D eigenvalue weighted by atomic mass is 32.2. The minimum Gasteiger partial charge on any atom is -0.489 e. The quantitative estimate of drug-likeness (QED) is 0.901. The molecule has 2 atom stereocenters. The molecule has 1 saturated carbocycles. The number of benzene rings is 1. The fourth-order valence-corrected chi connectivity index (χ4v) is 3.08. The second-order valence-electron chi connectivity index (χ2n) is 5.01. The van der Waals surface area contributed by atoms with Crippen molar-refractivity contribution in [3.8, 4) is 5.75 Å². The summed E-state index contributed by atoms with van der Waals surface area (Å²) in [6, 6.07) is 6.56. The molecule has 0 amide bonds. The molecule has 0 heterocycles. The van der Waals surface area contributed by atoms with Crippen molar-refractivity contribution in [2.45, 2.75) is 36.3 Å². The zero-order valence-corrected chi connectivity index (χ0v) is 12.1. The van der Waals surface area contributed by atoms with Crippen molar-refractivity contribution in [2.75, 3.05) is 14.1 Å². The molecular weight excluding hydrogens is 264 g/mol. The van der Waals surface area contributed by atoms with E-state index >= 15 is 0 Å². The van der Waals surface area contributed by atoms with Gasteiger partial charge in [-0.3, -0.25) is 0 Å². The standard InChI is InChI=1S/C13H20N2O3S/c1-15(2)19(16,17)11-8-6-10(7-9-11)18-13-5-3-4-12(13)14/h6-9,12-13H,3-5,14H2,1-2H3. The molecule has 1 aromatic rings. The van der Waals surface area contributed by atoms with Gasteiger partial charge in [-0.05, 0) is 43.5 Å². The molecule has 0 bridgehead atoms. The lowest BCUT2D eigenvalue weighted by molar-refractivity contribution is 0.191. The van der Waals surface area contributed by atoms with E-state index in [-0.39, 0.29) is 17.0 Å². The predicted octanol–water partition coefficient (Wildman–Crippen LogP) is 1.20. The molecule has 5 nitrogen and oxygen atoms in total. The van der Waals surface area contributed by atoms with Crippen LogP contribution in [0, 0.1) is 0 Å². The molecule has 0 aromatic heterocycles. The maximum Gasteiger partial charge on any atom is 0.242 e. The van der Waals surface area contributed by atoms with Crippen LogP contribution in [0.5, 0.6) is 5.75 Å². The van der Waals surface area contributed by atoms with Gasteiger partial charge in [-0.1, -0.05) is 0 Å². The van der Waals surface area contributed by atoms with Crippen LogP contribution in [0.25, 0.3) is 0 Å². The fraction of sp³-hybridized carbons (Fsp3) is 0.538. The molecule has 6 heteroatoms. The van der Waals surface area contributed by atoms with E-state index in [1.807, 2.05) is 0 Å². The Morgan fingerprint density at radius 2 is 1.84 bits per heavy atom. The van der Waals surface area contributed by atoms with Crippen LogP contribution in [0.4, 0.5) is 0 Å². The number of sulfonamides is 1. The summed E-state index contributed by atoms with van der Waals surface area (Å²) in [5.74, 6) is 0.667. The first-order valence-electron chi connectivity index (χ1n) is 6.36. The van der Waals surface area contributed by atoms with E-state index in [0.29, 0.717) is 5.75 Å². The minimum atomic E-state index is -3.38. The van der Waals surface area contributed by atoms with Gasteiger partial charge >= 0.3 is 0 Å². The first kappa shape index (κ1) is 14.3. The van der Waals surface area contributed by atoms with Gasteiger partial charge in [0.25, 0.3) is 0 Å². The minimum absolute atomic E-state index is 0.0382. The van der Waals surface area contributed by atoms with Crippen LogP contribution in [0.1, 0.15) is 19.3 Å². The summed E-state index contributed by atoms with van der Waals surface area (Å²) in [4.78, 5) is 0.264. The second kappa shape index (κ2) is 5.48. The van der Waals surface area contributed by atoms with Crippen LogP contribution in [0.2, 0.25) is 0 Å². The number of nitrogens with two attached hydrogens (primary N) is 1. The van der Waals surface area contributed by atoms with Crippen molar-refractivity contribution in [3.05, 3.63) is 24.3 Å². The molecular formula is C13H20N2O3S. The normalized spacial score (nSPS) is 23.8. The van der Waals surface area contributed by atoms with Crippen LogP contribution in [-0.2, 0) is 10.0 Å². The van der Waals surface area contributed by atoms with Crippen LogP contribution in [-0.4, -0.2) is 39.0 Å². The molecule has 0 aliphatic heterocycles. The molecule has 2 unspecified atom stereocenters. The molecule has 1 fully saturated rings. The van der Waals surface area contributed by atoms with Crippen LogP contribution >= 0.6 is 0 Å². The highest BCUT2D eigenvalue weighted by Crippen LogP contribution is 2.24. The van der Waals surface area contributed by atoms with E-state index in [4.69, 9.17) is 10.5 Å². The Bertz CT molecular complexity index is 525. The van der Waals surface area contributed by atoms with Crippen molar-refractivity contribution < 1.29 is 13.2 Å². The summed E-state index contributed by atoms with van der Waals surface area (Å²) in [6.45, 7) is 0. The van der Waals surface area contributed by atoms with Crippen molar-refractivity contribution in [2.24, 2.45) is 5.73 Å². The number of hydrogen-bond donors (Lipinski definition) is 1. The van der Waals surface area contributed by atoms with Crippen LogP contribution in [0.3, 0.4) is 0 Å². The molecule has 19 heavy (non-hydrogen) atoms. The smallest absolute Gasteiger partial charge is 0.242 e. The van der Waals surface area contributed by atoms with Gasteiger partial charge in [0.05, 0.1) is 4.90 Å². The summed E-state index contributed by atoms with van der Waals surface area (Å²) in [5.41, 5.74) is 5.94. The van der Waals surface area contributed by atoms with E-state index in [2.05, 4.69) is 0 Å². The molecule has 106 valence electrons. The van der Waals surface area contributed by atoms with Gasteiger partial charge in [-0.2, -0.15) is 0 Å². The summed E-state index contributed by atoms with van der Waals surface area (Å²) >= 11 is 0. The third-order valence-corrected chi connectivity index (χ3v) is 5.22. The van der Waals surface area contributed by atoms with E-state index in [0.717, 1.165) is 19.3 Å². The number of ether oxygens (including phenoxy) is 1. The average molecular weight is 284 g/mol. The maximum atomic E-state index is 11.9. The van der Waals surface area contributed by atoms with E-state index in [1.54, 1.807) is 24.3 Å². The molecule has 2 N–H and O–H groups in total. The third-order valence-electron chi connectivity index (χ3n) is 3.39. The van der Waals surface area contributed by atoms with E-state index < -0.39 is 10.0 Å². The molecule has 0 spiro atoms.